The van der Waals surface area contributed by atoms with Crippen molar-refractivity contribution in [3.05, 3.63) is 59.2 Å². The molecule has 0 saturated heterocycles. The van der Waals surface area contributed by atoms with E-state index in [4.69, 9.17) is 0 Å². The molecule has 0 atom stereocenters. The van der Waals surface area contributed by atoms with E-state index in [1.807, 2.05) is 0 Å². The fourth-order valence-electron chi connectivity index (χ4n) is 2.96. The van der Waals surface area contributed by atoms with Gasteiger partial charge in [-0.15, -0.1) is 0 Å². The van der Waals surface area contributed by atoms with Crippen LogP contribution >= 0.6 is 0 Å². The van der Waals surface area contributed by atoms with Crippen LogP contribution in [0.15, 0.2) is 42.5 Å². The summed E-state index contributed by atoms with van der Waals surface area (Å²) in [4.78, 5) is 0. The summed E-state index contributed by atoms with van der Waals surface area (Å²) in [5, 5.41) is 0. The zero-order chi connectivity index (χ0) is 12.8. The molecule has 0 saturated carbocycles. The molecule has 0 heterocycles. The molecule has 0 bridgehead atoms. The molecule has 1 aliphatic carbocycles. The van der Waals surface area contributed by atoms with E-state index >= 15 is 0 Å². The summed E-state index contributed by atoms with van der Waals surface area (Å²) in [6.07, 6.45) is 1.13. The first kappa shape index (κ1) is 11.7. The van der Waals surface area contributed by atoms with Crippen molar-refractivity contribution in [1.29, 1.82) is 0 Å². The van der Waals surface area contributed by atoms with Crippen LogP contribution in [-0.4, -0.2) is 8.07 Å². The zero-order valence-electron chi connectivity index (χ0n) is 11.5. The van der Waals surface area contributed by atoms with Gasteiger partial charge in [0.05, 0.1) is 0 Å². The molecule has 0 aromatic heterocycles. The highest BCUT2D eigenvalue weighted by Crippen LogP contribution is 2.38. The molecule has 0 spiro atoms. The molecule has 0 amide bonds. The lowest BCUT2D eigenvalue weighted by Crippen LogP contribution is -2.24. The molecule has 1 aliphatic rings. The van der Waals surface area contributed by atoms with Gasteiger partial charge in [-0.05, 0) is 40.3 Å². The molecule has 2 aromatic carbocycles. The smallest absolute Gasteiger partial charge is 0.0487 e. The third kappa shape index (κ3) is 2.03. The summed E-state index contributed by atoms with van der Waals surface area (Å²) >= 11 is 0. The summed E-state index contributed by atoms with van der Waals surface area (Å²) in [5.41, 5.74) is 7.59. The number of rotatable bonds is 2. The quantitative estimate of drug-likeness (QED) is 0.581. The van der Waals surface area contributed by atoms with Gasteiger partial charge in [0, 0.05) is 8.07 Å². The molecule has 0 fully saturated rings. The maximum absolute atomic E-state index is 2.45. The summed E-state index contributed by atoms with van der Waals surface area (Å²) in [6, 6.07) is 17.0. The Labute approximate surface area is 111 Å². The molecule has 0 nitrogen and oxygen atoms in total. The Morgan fingerprint density at radius 1 is 0.889 bits per heavy atom. The van der Waals surface area contributed by atoms with Crippen LogP contribution in [0.2, 0.25) is 19.6 Å². The number of hydrogen-bond donors (Lipinski definition) is 0. The highest BCUT2D eigenvalue weighted by atomic mass is 28.3. The molecule has 0 unspecified atom stereocenters. The Kier molecular flexibility index (Phi) is 2.67. The largest absolute Gasteiger partial charge is 0.0693 e. The lowest BCUT2D eigenvalue weighted by molar-refractivity contribution is 1.18. The maximum Gasteiger partial charge on any atom is 0.0487 e. The van der Waals surface area contributed by atoms with Gasteiger partial charge in [0.25, 0.3) is 0 Å². The van der Waals surface area contributed by atoms with Crippen LogP contribution in [0, 0.1) is 0 Å². The van der Waals surface area contributed by atoms with Gasteiger partial charge in [0.15, 0.2) is 0 Å². The average Bonchev–Trinajstić information content (AvgIpc) is 2.67. The van der Waals surface area contributed by atoms with E-state index < -0.39 is 8.07 Å². The van der Waals surface area contributed by atoms with Gasteiger partial charge in [0.2, 0.25) is 0 Å². The Morgan fingerprint density at radius 3 is 2.39 bits per heavy atom. The van der Waals surface area contributed by atoms with Gasteiger partial charge in [-0.1, -0.05) is 62.1 Å². The average molecular weight is 252 g/mol. The minimum Gasteiger partial charge on any atom is -0.0693 e. The highest BCUT2D eigenvalue weighted by Gasteiger charge is 2.23. The van der Waals surface area contributed by atoms with Gasteiger partial charge >= 0.3 is 0 Å². The number of benzene rings is 2. The molecule has 0 radical (unpaired) electrons. The minimum absolute atomic E-state index is 1.04. The third-order valence-corrected chi connectivity index (χ3v) is 5.11. The van der Waals surface area contributed by atoms with Crippen molar-refractivity contribution in [2.24, 2.45) is 0 Å². The second-order valence-corrected chi connectivity index (χ2v) is 12.0. The summed E-state index contributed by atoms with van der Waals surface area (Å²) in [5.74, 6) is 0. The lowest BCUT2D eigenvalue weighted by atomic mass is 10.0. The van der Waals surface area contributed by atoms with Crippen LogP contribution in [0.1, 0.15) is 16.7 Å². The summed E-state index contributed by atoms with van der Waals surface area (Å²) in [6.45, 7) is 7.36. The standard InChI is InChI=1S/C17H20Si/c1-18(2,3)12-14-8-6-10-16-15-9-5-4-7-13(15)11-17(14)16/h4-10H,11-12H2,1-3H3. The fourth-order valence-corrected chi connectivity index (χ4v) is 4.43. The van der Waals surface area contributed by atoms with Gasteiger partial charge in [-0.3, -0.25) is 0 Å². The Bertz CT molecular complexity index is 591. The van der Waals surface area contributed by atoms with Crippen LogP contribution in [0.4, 0.5) is 0 Å². The van der Waals surface area contributed by atoms with Crippen molar-refractivity contribution in [3.63, 3.8) is 0 Å². The Balaban J connectivity index is 2.09. The molecule has 1 heteroatoms. The van der Waals surface area contributed by atoms with Gasteiger partial charge < -0.3 is 0 Å². The monoisotopic (exact) mass is 252 g/mol. The van der Waals surface area contributed by atoms with E-state index in [2.05, 4.69) is 62.1 Å². The topological polar surface area (TPSA) is 0 Å². The van der Waals surface area contributed by atoms with E-state index in [1.165, 1.54) is 22.7 Å². The first-order valence-corrected chi connectivity index (χ1v) is 10.4. The molecule has 92 valence electrons. The summed E-state index contributed by atoms with van der Waals surface area (Å²) < 4.78 is 0. The molecule has 3 rings (SSSR count). The lowest BCUT2D eigenvalue weighted by Gasteiger charge is -2.18. The molecule has 0 N–H and O–H groups in total. The summed E-state index contributed by atoms with van der Waals surface area (Å²) in [7, 11) is -1.04. The highest BCUT2D eigenvalue weighted by molar-refractivity contribution is 6.75. The van der Waals surface area contributed by atoms with Crippen molar-refractivity contribution in [2.45, 2.75) is 32.1 Å². The molecular weight excluding hydrogens is 232 g/mol. The van der Waals surface area contributed by atoms with Crippen molar-refractivity contribution < 1.29 is 0 Å². The first-order chi connectivity index (χ1) is 8.54. The van der Waals surface area contributed by atoms with E-state index in [0.717, 1.165) is 6.42 Å². The van der Waals surface area contributed by atoms with Gasteiger partial charge in [-0.2, -0.15) is 0 Å². The van der Waals surface area contributed by atoms with E-state index in [9.17, 15) is 0 Å². The maximum atomic E-state index is 2.45. The molecular formula is C17H20Si. The fraction of sp³-hybridized carbons (Fsp3) is 0.294. The zero-order valence-corrected chi connectivity index (χ0v) is 12.5. The normalized spacial score (nSPS) is 13.3. The second-order valence-electron chi connectivity index (χ2n) is 6.51. The molecule has 2 aromatic rings. The number of hydrogen-bond acceptors (Lipinski definition) is 0. The minimum atomic E-state index is -1.04. The van der Waals surface area contributed by atoms with Crippen molar-refractivity contribution in [1.82, 2.24) is 0 Å². The van der Waals surface area contributed by atoms with Crippen LogP contribution in [-0.2, 0) is 12.5 Å². The predicted molar refractivity (Wildman–Crippen MR) is 81.7 cm³/mol. The van der Waals surface area contributed by atoms with Crippen molar-refractivity contribution >= 4 is 8.07 Å². The molecule has 0 aliphatic heterocycles. The first-order valence-electron chi connectivity index (χ1n) is 6.74. The van der Waals surface area contributed by atoms with Crippen molar-refractivity contribution in [3.8, 4) is 11.1 Å². The predicted octanol–water partition coefficient (Wildman–Crippen LogP) is 4.68. The Hall–Kier alpha value is -1.34. The SMILES string of the molecule is C[Si](C)(C)Cc1cccc2c1Cc1ccccc1-2. The molecule has 18 heavy (non-hydrogen) atoms. The third-order valence-electron chi connectivity index (χ3n) is 3.67. The van der Waals surface area contributed by atoms with Crippen LogP contribution in [0.5, 0.6) is 0 Å². The van der Waals surface area contributed by atoms with E-state index in [1.54, 1.807) is 11.1 Å². The second kappa shape index (κ2) is 4.10. The van der Waals surface area contributed by atoms with E-state index in [-0.39, 0.29) is 0 Å². The number of fused-ring (bicyclic) bond motifs is 3. The van der Waals surface area contributed by atoms with Gasteiger partial charge in [-0.25, -0.2) is 0 Å². The van der Waals surface area contributed by atoms with Crippen LogP contribution in [0.3, 0.4) is 0 Å². The van der Waals surface area contributed by atoms with Gasteiger partial charge in [0.1, 0.15) is 0 Å². The van der Waals surface area contributed by atoms with E-state index in [0.29, 0.717) is 0 Å². The van der Waals surface area contributed by atoms with Crippen LogP contribution < -0.4 is 0 Å². The van der Waals surface area contributed by atoms with Crippen LogP contribution in [0.25, 0.3) is 11.1 Å². The Morgan fingerprint density at radius 2 is 1.61 bits per heavy atom. The van der Waals surface area contributed by atoms with Crippen molar-refractivity contribution in [2.75, 3.05) is 0 Å².